The quantitative estimate of drug-likeness (QED) is 0.578. The maximum atomic E-state index is 12.4. The van der Waals surface area contributed by atoms with Gasteiger partial charge in [0.1, 0.15) is 17.4 Å². The molecule has 0 saturated heterocycles. The number of para-hydroxylation sites is 1. The highest BCUT2D eigenvalue weighted by atomic mass is 16.5. The third kappa shape index (κ3) is 4.64. The van der Waals surface area contributed by atoms with Crippen LogP contribution in [0, 0.1) is 11.3 Å². The number of anilines is 2. The summed E-state index contributed by atoms with van der Waals surface area (Å²) >= 11 is 0. The lowest BCUT2D eigenvalue weighted by Crippen LogP contribution is -2.14. The van der Waals surface area contributed by atoms with Gasteiger partial charge in [-0.15, -0.1) is 0 Å². The number of methoxy groups -OCH3 is 1. The van der Waals surface area contributed by atoms with Crippen molar-refractivity contribution in [3.8, 4) is 11.8 Å². The Morgan fingerprint density at radius 1 is 1.12 bits per heavy atom. The zero-order chi connectivity index (χ0) is 18.9. The lowest BCUT2D eigenvalue weighted by molar-refractivity contribution is -0.112. The summed E-state index contributed by atoms with van der Waals surface area (Å²) in [7, 11) is 1.58. The Hall–Kier alpha value is -3.26. The maximum absolute atomic E-state index is 12.4. The maximum Gasteiger partial charge on any atom is 0.267 e. The van der Waals surface area contributed by atoms with Gasteiger partial charge in [-0.2, -0.15) is 5.26 Å². The molecule has 26 heavy (non-hydrogen) atoms. The SMILES string of the molecule is CCc1cccc(CC)c1N/C=C(/C#N)C(=O)Nc1ccc(OC)cc1. The largest absolute Gasteiger partial charge is 0.497 e. The van der Waals surface area contributed by atoms with E-state index in [-0.39, 0.29) is 5.57 Å². The molecule has 0 spiro atoms. The standard InChI is InChI=1S/C21H23N3O2/c1-4-15-7-6-8-16(5-2)20(15)23-14-17(13-22)21(25)24-18-9-11-19(26-3)12-10-18/h6-12,14,23H,4-5H2,1-3H3,(H,24,25)/b17-14-. The third-order valence-corrected chi connectivity index (χ3v) is 4.07. The first kappa shape index (κ1) is 19.1. The van der Waals surface area contributed by atoms with Crippen molar-refractivity contribution < 1.29 is 9.53 Å². The van der Waals surface area contributed by atoms with E-state index in [1.807, 2.05) is 24.3 Å². The topological polar surface area (TPSA) is 74.2 Å². The van der Waals surface area contributed by atoms with Crippen molar-refractivity contribution >= 4 is 17.3 Å². The number of benzene rings is 2. The van der Waals surface area contributed by atoms with Gasteiger partial charge < -0.3 is 15.4 Å². The summed E-state index contributed by atoms with van der Waals surface area (Å²) in [5.41, 5.74) is 3.86. The molecule has 0 aromatic heterocycles. The summed E-state index contributed by atoms with van der Waals surface area (Å²) in [6, 6.07) is 15.0. The van der Waals surface area contributed by atoms with E-state index in [0.717, 1.165) is 29.7 Å². The van der Waals surface area contributed by atoms with Crippen LogP contribution in [-0.2, 0) is 17.6 Å². The minimum atomic E-state index is -0.461. The summed E-state index contributed by atoms with van der Waals surface area (Å²) in [5, 5.41) is 15.2. The predicted octanol–water partition coefficient (Wildman–Crippen LogP) is 4.28. The molecule has 0 atom stereocenters. The van der Waals surface area contributed by atoms with E-state index in [0.29, 0.717) is 11.4 Å². The van der Waals surface area contributed by atoms with Crippen LogP contribution in [0.5, 0.6) is 5.75 Å². The monoisotopic (exact) mass is 349 g/mol. The van der Waals surface area contributed by atoms with Gasteiger partial charge in [-0.3, -0.25) is 4.79 Å². The zero-order valence-corrected chi connectivity index (χ0v) is 15.3. The Kier molecular flexibility index (Phi) is 6.81. The van der Waals surface area contributed by atoms with Gasteiger partial charge >= 0.3 is 0 Å². The molecule has 0 unspecified atom stereocenters. The van der Waals surface area contributed by atoms with Gasteiger partial charge in [0.15, 0.2) is 0 Å². The highest BCUT2D eigenvalue weighted by molar-refractivity contribution is 6.06. The molecule has 2 N–H and O–H groups in total. The number of carbonyl (C=O) groups is 1. The highest BCUT2D eigenvalue weighted by Crippen LogP contribution is 2.23. The summed E-state index contributed by atoms with van der Waals surface area (Å²) in [5.74, 6) is 0.237. The smallest absolute Gasteiger partial charge is 0.267 e. The van der Waals surface area contributed by atoms with E-state index < -0.39 is 5.91 Å². The van der Waals surface area contributed by atoms with E-state index in [9.17, 15) is 10.1 Å². The molecule has 1 amide bonds. The van der Waals surface area contributed by atoms with E-state index >= 15 is 0 Å². The summed E-state index contributed by atoms with van der Waals surface area (Å²) in [4.78, 5) is 12.4. The number of hydrogen-bond acceptors (Lipinski definition) is 4. The number of nitrogens with zero attached hydrogens (tertiary/aromatic N) is 1. The number of nitriles is 1. The molecule has 0 bridgehead atoms. The van der Waals surface area contributed by atoms with Crippen LogP contribution in [0.25, 0.3) is 0 Å². The lowest BCUT2D eigenvalue weighted by atomic mass is 10.0. The fourth-order valence-corrected chi connectivity index (χ4v) is 2.59. The average Bonchev–Trinajstić information content (AvgIpc) is 2.68. The third-order valence-electron chi connectivity index (χ3n) is 4.07. The van der Waals surface area contributed by atoms with Gasteiger partial charge in [-0.1, -0.05) is 32.0 Å². The number of amides is 1. The van der Waals surface area contributed by atoms with Crippen LogP contribution in [0.3, 0.4) is 0 Å². The van der Waals surface area contributed by atoms with Crippen LogP contribution >= 0.6 is 0 Å². The molecule has 5 nitrogen and oxygen atoms in total. The molecule has 2 aromatic rings. The molecule has 0 fully saturated rings. The van der Waals surface area contributed by atoms with E-state index in [1.54, 1.807) is 31.4 Å². The predicted molar refractivity (Wildman–Crippen MR) is 104 cm³/mol. The molecule has 0 aliphatic heterocycles. The minimum absolute atomic E-state index is 0.00813. The number of carbonyl (C=O) groups excluding carboxylic acids is 1. The molecule has 0 radical (unpaired) electrons. The number of ether oxygens (including phenoxy) is 1. The van der Waals surface area contributed by atoms with Crippen LogP contribution in [0.2, 0.25) is 0 Å². The van der Waals surface area contributed by atoms with Crippen molar-refractivity contribution in [2.45, 2.75) is 26.7 Å². The average molecular weight is 349 g/mol. The summed E-state index contributed by atoms with van der Waals surface area (Å²) in [6.45, 7) is 4.15. The van der Waals surface area contributed by atoms with Gasteiger partial charge in [-0.05, 0) is 48.2 Å². The first-order valence-electron chi connectivity index (χ1n) is 8.55. The molecule has 0 aliphatic carbocycles. The molecule has 0 aliphatic rings. The summed E-state index contributed by atoms with van der Waals surface area (Å²) in [6.07, 6.45) is 3.19. The van der Waals surface area contributed by atoms with E-state index in [4.69, 9.17) is 4.74 Å². The Balaban J connectivity index is 2.17. The Labute approximate surface area is 154 Å². The number of nitrogens with one attached hydrogen (secondary N) is 2. The lowest BCUT2D eigenvalue weighted by Gasteiger charge is -2.13. The van der Waals surface area contributed by atoms with Crippen LogP contribution < -0.4 is 15.4 Å². The molecule has 0 saturated carbocycles. The van der Waals surface area contributed by atoms with E-state index in [2.05, 4.69) is 24.5 Å². The van der Waals surface area contributed by atoms with Crippen molar-refractivity contribution in [1.82, 2.24) is 0 Å². The Morgan fingerprint density at radius 3 is 2.23 bits per heavy atom. The first-order valence-corrected chi connectivity index (χ1v) is 8.55. The number of aryl methyl sites for hydroxylation is 2. The van der Waals surface area contributed by atoms with Crippen molar-refractivity contribution in [1.29, 1.82) is 5.26 Å². The van der Waals surface area contributed by atoms with Crippen LogP contribution in [0.1, 0.15) is 25.0 Å². The van der Waals surface area contributed by atoms with Gasteiger partial charge in [0.05, 0.1) is 7.11 Å². The minimum Gasteiger partial charge on any atom is -0.497 e. The second-order valence-corrected chi connectivity index (χ2v) is 5.66. The first-order chi connectivity index (χ1) is 12.6. The van der Waals surface area contributed by atoms with Crippen molar-refractivity contribution in [3.63, 3.8) is 0 Å². The number of rotatable bonds is 7. The van der Waals surface area contributed by atoms with Crippen LogP contribution in [0.4, 0.5) is 11.4 Å². The molecule has 5 heteroatoms. The number of hydrogen-bond donors (Lipinski definition) is 2. The molecule has 134 valence electrons. The van der Waals surface area contributed by atoms with Crippen LogP contribution in [-0.4, -0.2) is 13.0 Å². The highest BCUT2D eigenvalue weighted by Gasteiger charge is 2.11. The Bertz CT molecular complexity index is 811. The van der Waals surface area contributed by atoms with E-state index in [1.165, 1.54) is 6.20 Å². The molecule has 2 rings (SSSR count). The summed E-state index contributed by atoms with van der Waals surface area (Å²) < 4.78 is 5.09. The fraction of sp³-hybridized carbons (Fsp3) is 0.238. The van der Waals surface area contributed by atoms with Crippen LogP contribution in [0.15, 0.2) is 54.2 Å². The second kappa shape index (κ2) is 9.28. The van der Waals surface area contributed by atoms with Gasteiger partial charge in [0.25, 0.3) is 5.91 Å². The van der Waals surface area contributed by atoms with Crippen molar-refractivity contribution in [2.75, 3.05) is 17.7 Å². The van der Waals surface area contributed by atoms with Gasteiger partial charge in [0, 0.05) is 17.6 Å². The molecular formula is C21H23N3O2. The zero-order valence-electron chi connectivity index (χ0n) is 15.3. The molecule has 0 heterocycles. The fourth-order valence-electron chi connectivity index (χ4n) is 2.59. The van der Waals surface area contributed by atoms with Crippen molar-refractivity contribution in [2.24, 2.45) is 0 Å². The van der Waals surface area contributed by atoms with Gasteiger partial charge in [0.2, 0.25) is 0 Å². The molecular weight excluding hydrogens is 326 g/mol. The normalized spacial score (nSPS) is 10.8. The second-order valence-electron chi connectivity index (χ2n) is 5.66. The molecule has 2 aromatic carbocycles. The van der Waals surface area contributed by atoms with Gasteiger partial charge in [-0.25, -0.2) is 0 Å². The van der Waals surface area contributed by atoms with Crippen molar-refractivity contribution in [3.05, 3.63) is 65.4 Å². The Morgan fingerprint density at radius 2 is 1.73 bits per heavy atom.